The second-order valence-electron chi connectivity index (χ2n) is 6.55. The highest BCUT2D eigenvalue weighted by Crippen LogP contribution is 2.28. The normalized spacial score (nSPS) is 11.1. The highest BCUT2D eigenvalue weighted by atomic mass is 32.1. The van der Waals surface area contributed by atoms with E-state index in [9.17, 15) is 9.18 Å². The van der Waals surface area contributed by atoms with Crippen LogP contribution in [-0.4, -0.2) is 25.7 Å². The maximum atomic E-state index is 13.8. The number of aromatic nitrogens is 4. The summed E-state index contributed by atoms with van der Waals surface area (Å²) in [5.41, 5.74) is 4.68. The lowest BCUT2D eigenvalue weighted by atomic mass is 10.1. The molecule has 0 fully saturated rings. The molecule has 142 valence electrons. The van der Waals surface area contributed by atoms with Crippen LogP contribution in [0.1, 0.15) is 17.5 Å². The van der Waals surface area contributed by atoms with Crippen molar-refractivity contribution < 1.29 is 9.18 Å². The van der Waals surface area contributed by atoms with E-state index >= 15 is 0 Å². The Labute approximate surface area is 165 Å². The van der Waals surface area contributed by atoms with E-state index in [0.717, 1.165) is 22.4 Å². The van der Waals surface area contributed by atoms with Crippen LogP contribution in [0.4, 0.5) is 9.52 Å². The van der Waals surface area contributed by atoms with Crippen LogP contribution in [0.3, 0.4) is 0 Å². The van der Waals surface area contributed by atoms with E-state index in [4.69, 9.17) is 0 Å². The smallest absolute Gasteiger partial charge is 0.227 e. The standard InChI is InChI=1S/C20H18FN5OS/c1-12-9-16-17(10-13(12)2)26(11-22-16)8-7-18(27)23-20-25-24-19(28-20)14-5-3-4-6-15(14)21/h3-6,9-11H,7-8H2,1-2H3,(H,23,25,27). The third-order valence-corrected chi connectivity index (χ3v) is 5.46. The van der Waals surface area contributed by atoms with Gasteiger partial charge < -0.3 is 9.88 Å². The number of anilines is 1. The van der Waals surface area contributed by atoms with E-state index < -0.39 is 0 Å². The Bertz CT molecular complexity index is 1170. The van der Waals surface area contributed by atoms with Gasteiger partial charge in [0.05, 0.1) is 17.4 Å². The number of nitrogens with one attached hydrogen (secondary N) is 1. The summed E-state index contributed by atoms with van der Waals surface area (Å²) in [5.74, 6) is -0.545. The molecule has 2 aromatic carbocycles. The topological polar surface area (TPSA) is 72.7 Å². The van der Waals surface area contributed by atoms with Crippen molar-refractivity contribution in [3.63, 3.8) is 0 Å². The summed E-state index contributed by atoms with van der Waals surface area (Å²) in [5, 5.41) is 11.4. The zero-order chi connectivity index (χ0) is 19.7. The highest BCUT2D eigenvalue weighted by Gasteiger charge is 2.13. The molecule has 0 unspecified atom stereocenters. The number of amides is 1. The molecule has 6 nitrogen and oxygen atoms in total. The van der Waals surface area contributed by atoms with Crippen molar-refractivity contribution in [3.8, 4) is 10.6 Å². The SMILES string of the molecule is Cc1cc2ncn(CCC(=O)Nc3nnc(-c4ccccc4F)s3)c2cc1C. The minimum atomic E-state index is -0.367. The van der Waals surface area contributed by atoms with Gasteiger partial charge in [0.1, 0.15) is 5.82 Å². The van der Waals surface area contributed by atoms with Crippen LogP contribution in [0.5, 0.6) is 0 Å². The number of hydrogen-bond acceptors (Lipinski definition) is 5. The molecular formula is C20H18FN5OS. The predicted octanol–water partition coefficient (Wildman–Crippen LogP) is 4.34. The molecule has 2 aromatic heterocycles. The zero-order valence-corrected chi connectivity index (χ0v) is 16.3. The van der Waals surface area contributed by atoms with Gasteiger partial charge >= 0.3 is 0 Å². The number of nitrogens with zero attached hydrogens (tertiary/aromatic N) is 4. The van der Waals surface area contributed by atoms with Crippen LogP contribution in [0.25, 0.3) is 21.6 Å². The zero-order valence-electron chi connectivity index (χ0n) is 15.4. The lowest BCUT2D eigenvalue weighted by Crippen LogP contribution is -2.14. The van der Waals surface area contributed by atoms with Gasteiger partial charge in [-0.15, -0.1) is 10.2 Å². The summed E-state index contributed by atoms with van der Waals surface area (Å²) >= 11 is 1.14. The molecule has 28 heavy (non-hydrogen) atoms. The maximum Gasteiger partial charge on any atom is 0.227 e. The molecule has 0 aliphatic rings. The number of aryl methyl sites for hydroxylation is 3. The minimum absolute atomic E-state index is 0.179. The van der Waals surface area contributed by atoms with Crippen molar-refractivity contribution >= 4 is 33.4 Å². The van der Waals surface area contributed by atoms with Crippen molar-refractivity contribution in [1.29, 1.82) is 0 Å². The van der Waals surface area contributed by atoms with Gasteiger partial charge in [0.2, 0.25) is 11.0 Å². The first kappa shape index (κ1) is 18.2. The quantitative estimate of drug-likeness (QED) is 0.546. The van der Waals surface area contributed by atoms with Gasteiger partial charge in [0, 0.05) is 18.5 Å². The molecule has 0 atom stereocenters. The largest absolute Gasteiger partial charge is 0.330 e. The summed E-state index contributed by atoms with van der Waals surface area (Å²) in [4.78, 5) is 16.7. The monoisotopic (exact) mass is 395 g/mol. The van der Waals surface area contributed by atoms with Gasteiger partial charge in [-0.05, 0) is 49.2 Å². The number of halogens is 1. The molecule has 0 radical (unpaired) electrons. The van der Waals surface area contributed by atoms with Crippen molar-refractivity contribution in [2.75, 3.05) is 5.32 Å². The summed E-state index contributed by atoms with van der Waals surface area (Å²) in [6.45, 7) is 4.62. The molecule has 0 saturated carbocycles. The van der Waals surface area contributed by atoms with Gasteiger partial charge in [0.25, 0.3) is 0 Å². The van der Waals surface area contributed by atoms with Crippen LogP contribution >= 0.6 is 11.3 Å². The number of carbonyl (C=O) groups excluding carboxylic acids is 1. The molecule has 0 aliphatic carbocycles. The van der Waals surface area contributed by atoms with Gasteiger partial charge in [-0.25, -0.2) is 9.37 Å². The van der Waals surface area contributed by atoms with E-state index in [0.29, 0.717) is 22.2 Å². The average molecular weight is 395 g/mol. The van der Waals surface area contributed by atoms with Gasteiger partial charge in [-0.2, -0.15) is 0 Å². The van der Waals surface area contributed by atoms with Crippen LogP contribution in [-0.2, 0) is 11.3 Å². The molecule has 4 aromatic rings. The highest BCUT2D eigenvalue weighted by molar-refractivity contribution is 7.18. The Morgan fingerprint density at radius 2 is 1.96 bits per heavy atom. The van der Waals surface area contributed by atoms with Gasteiger partial charge in [0.15, 0.2) is 5.01 Å². The first-order chi connectivity index (χ1) is 13.5. The molecule has 0 spiro atoms. The summed E-state index contributed by atoms with van der Waals surface area (Å²) in [6.07, 6.45) is 2.02. The number of carbonyl (C=O) groups is 1. The Kier molecular flexibility index (Phi) is 4.87. The summed E-state index contributed by atoms with van der Waals surface area (Å²) < 4.78 is 15.8. The van der Waals surface area contributed by atoms with Crippen molar-refractivity contribution in [2.45, 2.75) is 26.8 Å². The second kappa shape index (κ2) is 7.47. The molecule has 4 rings (SSSR count). The lowest BCUT2D eigenvalue weighted by molar-refractivity contribution is -0.116. The first-order valence-corrected chi connectivity index (χ1v) is 9.63. The van der Waals surface area contributed by atoms with Crippen LogP contribution in [0.15, 0.2) is 42.7 Å². The van der Waals surface area contributed by atoms with Crippen molar-refractivity contribution in [2.24, 2.45) is 0 Å². The fourth-order valence-corrected chi connectivity index (χ4v) is 3.70. The van der Waals surface area contributed by atoms with E-state index in [2.05, 4.69) is 40.4 Å². The average Bonchev–Trinajstić information content (AvgIpc) is 3.28. The number of fused-ring (bicyclic) bond motifs is 1. The molecule has 0 aliphatic heterocycles. The molecule has 0 saturated heterocycles. The Morgan fingerprint density at radius 3 is 2.79 bits per heavy atom. The molecule has 8 heteroatoms. The molecule has 2 heterocycles. The molecule has 1 N–H and O–H groups in total. The molecular weight excluding hydrogens is 377 g/mol. The van der Waals surface area contributed by atoms with Crippen molar-refractivity contribution in [1.82, 2.24) is 19.7 Å². The van der Waals surface area contributed by atoms with Crippen LogP contribution < -0.4 is 5.32 Å². The predicted molar refractivity (Wildman–Crippen MR) is 108 cm³/mol. The Morgan fingerprint density at radius 1 is 1.18 bits per heavy atom. The lowest BCUT2D eigenvalue weighted by Gasteiger charge is -2.06. The second-order valence-corrected chi connectivity index (χ2v) is 7.53. The third kappa shape index (κ3) is 3.63. The van der Waals surface area contributed by atoms with Gasteiger partial charge in [-0.1, -0.05) is 23.5 Å². The fourth-order valence-electron chi connectivity index (χ4n) is 2.91. The maximum absolute atomic E-state index is 13.8. The van der Waals surface area contributed by atoms with Crippen molar-refractivity contribution in [3.05, 3.63) is 59.7 Å². The van der Waals surface area contributed by atoms with Gasteiger partial charge in [-0.3, -0.25) is 4.79 Å². The number of benzene rings is 2. The van der Waals surface area contributed by atoms with E-state index in [-0.39, 0.29) is 18.1 Å². The summed E-state index contributed by atoms with van der Waals surface area (Å²) in [6, 6.07) is 10.5. The molecule has 0 bridgehead atoms. The molecule has 1 amide bonds. The summed E-state index contributed by atoms with van der Waals surface area (Å²) in [7, 11) is 0. The third-order valence-electron chi connectivity index (χ3n) is 4.59. The Hall–Kier alpha value is -3.13. The number of rotatable bonds is 5. The Balaban J connectivity index is 1.42. The van der Waals surface area contributed by atoms with Crippen LogP contribution in [0.2, 0.25) is 0 Å². The van der Waals surface area contributed by atoms with Crippen LogP contribution in [0, 0.1) is 19.7 Å². The fraction of sp³-hybridized carbons (Fsp3) is 0.200. The van der Waals surface area contributed by atoms with E-state index in [1.54, 1.807) is 24.5 Å². The van der Waals surface area contributed by atoms with E-state index in [1.807, 2.05) is 10.6 Å². The number of imidazole rings is 1. The number of hydrogen-bond donors (Lipinski definition) is 1. The first-order valence-electron chi connectivity index (χ1n) is 8.81. The minimum Gasteiger partial charge on any atom is -0.330 e. The van der Waals surface area contributed by atoms with E-state index in [1.165, 1.54) is 17.2 Å².